The average molecular weight is 275 g/mol. The summed E-state index contributed by atoms with van der Waals surface area (Å²) in [5.41, 5.74) is 0. The van der Waals surface area contributed by atoms with Crippen molar-refractivity contribution < 1.29 is 17.9 Å². The van der Waals surface area contributed by atoms with Crippen molar-refractivity contribution >= 4 is 15.7 Å². The smallest absolute Gasteiger partial charge is 0.222 e. The molecule has 1 amide bonds. The Hall–Kier alpha value is -0.620. The summed E-state index contributed by atoms with van der Waals surface area (Å²) >= 11 is 0. The topological polar surface area (TPSA) is 63.7 Å². The largest absolute Gasteiger partial charge is 0.376 e. The fourth-order valence-electron chi connectivity index (χ4n) is 2.69. The maximum absolute atomic E-state index is 12.0. The van der Waals surface area contributed by atoms with Gasteiger partial charge in [0.2, 0.25) is 5.91 Å². The summed E-state index contributed by atoms with van der Waals surface area (Å²) in [6.45, 7) is 3.11. The second kappa shape index (κ2) is 5.57. The van der Waals surface area contributed by atoms with E-state index in [0.717, 1.165) is 19.4 Å². The molecule has 0 spiro atoms. The molecule has 2 rings (SSSR count). The molecule has 2 fully saturated rings. The highest BCUT2D eigenvalue weighted by molar-refractivity contribution is 7.91. The first-order valence-corrected chi connectivity index (χ1v) is 8.45. The minimum atomic E-state index is -2.95. The zero-order valence-electron chi connectivity index (χ0n) is 10.8. The number of nitrogens with zero attached hydrogens (tertiary/aromatic N) is 1. The fraction of sp³-hybridized carbons (Fsp3) is 0.917. The standard InChI is InChI=1S/C12H21NO4S/c1-2-12(14)13(8-11-4-3-6-17-11)10-5-7-18(15,16)9-10/h10-11H,2-9H2,1H3/t10-,11+/m0/s1. The fourth-order valence-corrected chi connectivity index (χ4v) is 4.42. The number of hydrogen-bond acceptors (Lipinski definition) is 4. The molecule has 104 valence electrons. The van der Waals surface area contributed by atoms with E-state index < -0.39 is 9.84 Å². The number of amides is 1. The van der Waals surface area contributed by atoms with Gasteiger partial charge in [0, 0.05) is 25.6 Å². The maximum atomic E-state index is 12.0. The van der Waals surface area contributed by atoms with Gasteiger partial charge in [0.25, 0.3) is 0 Å². The van der Waals surface area contributed by atoms with Gasteiger partial charge in [0.1, 0.15) is 0 Å². The van der Waals surface area contributed by atoms with Crippen LogP contribution < -0.4 is 0 Å². The summed E-state index contributed by atoms with van der Waals surface area (Å²) in [6, 6.07) is -0.147. The molecule has 0 aromatic heterocycles. The molecule has 0 aromatic carbocycles. The minimum Gasteiger partial charge on any atom is -0.376 e. The summed E-state index contributed by atoms with van der Waals surface area (Å²) in [6.07, 6.45) is 3.07. The number of carbonyl (C=O) groups excluding carboxylic acids is 1. The van der Waals surface area contributed by atoms with Crippen molar-refractivity contribution in [1.29, 1.82) is 0 Å². The van der Waals surface area contributed by atoms with Crippen LogP contribution in [0, 0.1) is 0 Å². The van der Waals surface area contributed by atoms with Crippen molar-refractivity contribution in [3.63, 3.8) is 0 Å². The van der Waals surface area contributed by atoms with Gasteiger partial charge in [-0.05, 0) is 19.3 Å². The van der Waals surface area contributed by atoms with Crippen LogP contribution in [0.25, 0.3) is 0 Å². The monoisotopic (exact) mass is 275 g/mol. The zero-order chi connectivity index (χ0) is 13.2. The Labute approximate surface area is 108 Å². The summed E-state index contributed by atoms with van der Waals surface area (Å²) in [5, 5.41) is 0. The van der Waals surface area contributed by atoms with Gasteiger partial charge >= 0.3 is 0 Å². The lowest BCUT2D eigenvalue weighted by Gasteiger charge is -2.30. The molecule has 0 aliphatic carbocycles. The molecule has 2 saturated heterocycles. The van der Waals surface area contributed by atoms with Gasteiger partial charge in [-0.1, -0.05) is 6.92 Å². The van der Waals surface area contributed by atoms with Crippen LogP contribution in [0.15, 0.2) is 0 Å². The van der Waals surface area contributed by atoms with Gasteiger partial charge in [-0.15, -0.1) is 0 Å². The summed E-state index contributed by atoms with van der Waals surface area (Å²) < 4.78 is 28.6. The van der Waals surface area contributed by atoms with Gasteiger partial charge in [-0.3, -0.25) is 4.79 Å². The lowest BCUT2D eigenvalue weighted by molar-refractivity contribution is -0.134. The van der Waals surface area contributed by atoms with Crippen molar-refractivity contribution in [3.8, 4) is 0 Å². The van der Waals surface area contributed by atoms with E-state index in [2.05, 4.69) is 0 Å². The Kier molecular flexibility index (Phi) is 4.27. The third-order valence-electron chi connectivity index (χ3n) is 3.70. The van der Waals surface area contributed by atoms with Gasteiger partial charge in [0.15, 0.2) is 9.84 Å². The van der Waals surface area contributed by atoms with E-state index in [4.69, 9.17) is 4.74 Å². The van der Waals surface area contributed by atoms with Crippen LogP contribution in [-0.4, -0.2) is 56.0 Å². The van der Waals surface area contributed by atoms with Gasteiger partial charge in [-0.2, -0.15) is 0 Å². The lowest BCUT2D eigenvalue weighted by atomic mass is 10.1. The van der Waals surface area contributed by atoms with Crippen LogP contribution in [-0.2, 0) is 19.4 Å². The lowest BCUT2D eigenvalue weighted by Crippen LogP contribution is -2.44. The van der Waals surface area contributed by atoms with Gasteiger partial charge in [-0.25, -0.2) is 8.42 Å². The van der Waals surface area contributed by atoms with Crippen molar-refractivity contribution in [1.82, 2.24) is 4.90 Å². The van der Waals surface area contributed by atoms with Crippen LogP contribution in [0.4, 0.5) is 0 Å². The molecule has 2 atom stereocenters. The van der Waals surface area contributed by atoms with Gasteiger partial charge < -0.3 is 9.64 Å². The SMILES string of the molecule is CCC(=O)N(C[C@H]1CCCO1)[C@H]1CCS(=O)(=O)C1. The molecule has 0 radical (unpaired) electrons. The molecule has 2 heterocycles. The van der Waals surface area contributed by atoms with E-state index in [1.807, 2.05) is 6.92 Å². The van der Waals surface area contributed by atoms with E-state index >= 15 is 0 Å². The average Bonchev–Trinajstić information content (AvgIpc) is 2.94. The number of hydrogen-bond donors (Lipinski definition) is 0. The summed E-state index contributed by atoms with van der Waals surface area (Å²) in [4.78, 5) is 13.7. The molecule has 5 nitrogen and oxygen atoms in total. The molecular formula is C12H21NO4S. The molecule has 6 heteroatoms. The summed E-state index contributed by atoms with van der Waals surface area (Å²) in [5.74, 6) is 0.356. The second-order valence-electron chi connectivity index (χ2n) is 5.09. The van der Waals surface area contributed by atoms with Crippen molar-refractivity contribution in [3.05, 3.63) is 0 Å². The summed E-state index contributed by atoms with van der Waals surface area (Å²) in [7, 11) is -2.95. The first-order valence-electron chi connectivity index (χ1n) is 6.63. The third kappa shape index (κ3) is 3.23. The number of ether oxygens (including phenoxy) is 1. The van der Waals surface area contributed by atoms with E-state index in [1.165, 1.54) is 0 Å². The van der Waals surface area contributed by atoms with Crippen molar-refractivity contribution in [2.45, 2.75) is 44.8 Å². The Morgan fingerprint density at radius 2 is 2.17 bits per heavy atom. The Bertz CT molecular complexity index is 400. The number of carbonyl (C=O) groups is 1. The molecule has 2 aliphatic heterocycles. The van der Waals surface area contributed by atoms with Crippen LogP contribution in [0.2, 0.25) is 0 Å². The maximum Gasteiger partial charge on any atom is 0.222 e. The third-order valence-corrected chi connectivity index (χ3v) is 5.45. The van der Waals surface area contributed by atoms with E-state index in [1.54, 1.807) is 4.90 Å². The van der Waals surface area contributed by atoms with Crippen LogP contribution in [0.3, 0.4) is 0 Å². The van der Waals surface area contributed by atoms with Crippen molar-refractivity contribution in [2.24, 2.45) is 0 Å². The Morgan fingerprint density at radius 3 is 2.67 bits per heavy atom. The molecule has 0 N–H and O–H groups in total. The first-order chi connectivity index (χ1) is 8.52. The number of rotatable bonds is 4. The Balaban J connectivity index is 2.03. The molecule has 2 aliphatic rings. The Morgan fingerprint density at radius 1 is 1.39 bits per heavy atom. The predicted octanol–water partition coefficient (Wildman–Crippen LogP) is 0.591. The van der Waals surface area contributed by atoms with Crippen LogP contribution >= 0.6 is 0 Å². The second-order valence-corrected chi connectivity index (χ2v) is 7.32. The molecule has 0 bridgehead atoms. The molecule has 18 heavy (non-hydrogen) atoms. The van der Waals surface area contributed by atoms with Gasteiger partial charge in [0.05, 0.1) is 17.6 Å². The highest BCUT2D eigenvalue weighted by Crippen LogP contribution is 2.21. The van der Waals surface area contributed by atoms with Crippen LogP contribution in [0.1, 0.15) is 32.6 Å². The normalized spacial score (nSPS) is 30.5. The molecular weight excluding hydrogens is 254 g/mol. The molecule has 0 unspecified atom stereocenters. The molecule has 0 saturated carbocycles. The molecule has 0 aromatic rings. The quantitative estimate of drug-likeness (QED) is 0.753. The number of sulfone groups is 1. The highest BCUT2D eigenvalue weighted by Gasteiger charge is 2.35. The minimum absolute atomic E-state index is 0.0348. The zero-order valence-corrected chi connectivity index (χ0v) is 11.6. The highest BCUT2D eigenvalue weighted by atomic mass is 32.2. The van der Waals surface area contributed by atoms with E-state index in [-0.39, 0.29) is 29.6 Å². The van der Waals surface area contributed by atoms with Crippen molar-refractivity contribution in [2.75, 3.05) is 24.7 Å². The van der Waals surface area contributed by atoms with Crippen LogP contribution in [0.5, 0.6) is 0 Å². The first kappa shape index (κ1) is 13.8. The van der Waals surface area contributed by atoms with E-state index in [0.29, 0.717) is 19.4 Å². The van der Waals surface area contributed by atoms with E-state index in [9.17, 15) is 13.2 Å². The predicted molar refractivity (Wildman–Crippen MR) is 68.0 cm³/mol.